The van der Waals surface area contributed by atoms with Crippen LogP contribution in [0.25, 0.3) is 11.5 Å². The van der Waals surface area contributed by atoms with Crippen molar-refractivity contribution in [2.45, 2.75) is 29.8 Å². The van der Waals surface area contributed by atoms with Crippen molar-refractivity contribution < 1.29 is 17.2 Å². The van der Waals surface area contributed by atoms with Crippen molar-refractivity contribution in [1.29, 1.82) is 0 Å². The summed E-state index contributed by atoms with van der Waals surface area (Å²) in [6.07, 6.45) is 3.86. The van der Waals surface area contributed by atoms with Crippen LogP contribution in [0.4, 0.5) is 4.39 Å². The standard InChI is InChI=1S/C19H19FN4O3S2/c1-2-8-24-17(14-7-9-29(25,26)12-14)22-23-19(24)28-11-16-10-27-18(21-16)13-3-5-15(20)6-4-13/h2-6,10,14H,1,7-9,11-12H2/t14-/m0/s1. The van der Waals surface area contributed by atoms with Gasteiger partial charge in [-0.25, -0.2) is 17.8 Å². The van der Waals surface area contributed by atoms with Gasteiger partial charge in [0.1, 0.15) is 17.9 Å². The van der Waals surface area contributed by atoms with Crippen molar-refractivity contribution in [3.05, 3.63) is 60.5 Å². The number of benzene rings is 1. The molecule has 0 spiro atoms. The predicted octanol–water partition coefficient (Wildman–Crippen LogP) is 3.45. The molecule has 0 aliphatic carbocycles. The molecule has 2 aromatic heterocycles. The quantitative estimate of drug-likeness (QED) is 0.415. The summed E-state index contributed by atoms with van der Waals surface area (Å²) in [5, 5.41) is 9.18. The largest absolute Gasteiger partial charge is 0.444 e. The van der Waals surface area contributed by atoms with Crippen LogP contribution in [-0.4, -0.2) is 39.7 Å². The number of hydrogen-bond donors (Lipinski definition) is 0. The van der Waals surface area contributed by atoms with Crippen LogP contribution in [0.1, 0.15) is 23.9 Å². The van der Waals surface area contributed by atoms with E-state index in [2.05, 4.69) is 21.8 Å². The van der Waals surface area contributed by atoms with Crippen molar-refractivity contribution in [3.8, 4) is 11.5 Å². The molecule has 1 aromatic carbocycles. The summed E-state index contributed by atoms with van der Waals surface area (Å²) >= 11 is 1.44. The Balaban J connectivity index is 1.49. The Labute approximate surface area is 172 Å². The highest BCUT2D eigenvalue weighted by Crippen LogP contribution is 2.31. The number of halogens is 1. The Kier molecular flexibility index (Phi) is 5.55. The number of thioether (sulfide) groups is 1. The maximum Gasteiger partial charge on any atom is 0.226 e. The van der Waals surface area contributed by atoms with Crippen LogP contribution in [0.3, 0.4) is 0 Å². The van der Waals surface area contributed by atoms with Crippen LogP contribution in [-0.2, 0) is 22.1 Å². The van der Waals surface area contributed by atoms with Gasteiger partial charge in [-0.1, -0.05) is 17.8 Å². The minimum atomic E-state index is -3.01. The Hall–Kier alpha value is -2.46. The molecule has 3 heterocycles. The second-order valence-electron chi connectivity index (χ2n) is 6.78. The van der Waals surface area contributed by atoms with Gasteiger partial charge in [0.2, 0.25) is 5.89 Å². The first-order valence-corrected chi connectivity index (χ1v) is 11.8. The van der Waals surface area contributed by atoms with Crippen molar-refractivity contribution in [3.63, 3.8) is 0 Å². The van der Waals surface area contributed by atoms with E-state index in [9.17, 15) is 12.8 Å². The van der Waals surface area contributed by atoms with Crippen molar-refractivity contribution in [2.75, 3.05) is 11.5 Å². The zero-order chi connectivity index (χ0) is 20.4. The van der Waals surface area contributed by atoms with E-state index in [1.54, 1.807) is 24.5 Å². The molecule has 0 saturated carbocycles. The molecule has 152 valence electrons. The van der Waals surface area contributed by atoms with E-state index in [0.29, 0.717) is 46.8 Å². The van der Waals surface area contributed by atoms with E-state index >= 15 is 0 Å². The molecule has 0 amide bonds. The summed E-state index contributed by atoms with van der Waals surface area (Å²) in [6, 6.07) is 5.94. The smallest absolute Gasteiger partial charge is 0.226 e. The summed E-state index contributed by atoms with van der Waals surface area (Å²) in [5.74, 6) is 1.44. The second-order valence-corrected chi connectivity index (χ2v) is 9.95. The van der Waals surface area contributed by atoms with Crippen molar-refractivity contribution >= 4 is 21.6 Å². The molecule has 0 unspecified atom stereocenters. The van der Waals surface area contributed by atoms with Gasteiger partial charge in [-0.15, -0.1) is 16.8 Å². The van der Waals surface area contributed by atoms with Crippen molar-refractivity contribution in [2.24, 2.45) is 0 Å². The fourth-order valence-electron chi connectivity index (χ4n) is 3.24. The topological polar surface area (TPSA) is 90.9 Å². The monoisotopic (exact) mass is 434 g/mol. The summed E-state index contributed by atoms with van der Waals surface area (Å²) in [7, 11) is -3.01. The first-order valence-electron chi connectivity index (χ1n) is 9.03. The van der Waals surface area contributed by atoms with Crippen LogP contribution < -0.4 is 0 Å². The molecule has 1 atom stereocenters. The van der Waals surface area contributed by atoms with E-state index < -0.39 is 9.84 Å². The summed E-state index contributed by atoms with van der Waals surface area (Å²) < 4.78 is 44.1. The SMILES string of the molecule is C=CCn1c(SCc2coc(-c3ccc(F)cc3)n2)nnc1[C@H]1CCS(=O)(=O)C1. The van der Waals surface area contributed by atoms with Gasteiger partial charge in [0, 0.05) is 23.8 Å². The third-order valence-electron chi connectivity index (χ3n) is 4.65. The molecule has 29 heavy (non-hydrogen) atoms. The van der Waals surface area contributed by atoms with E-state index in [0.717, 1.165) is 0 Å². The highest BCUT2D eigenvalue weighted by molar-refractivity contribution is 7.98. The zero-order valence-electron chi connectivity index (χ0n) is 15.5. The lowest BCUT2D eigenvalue weighted by Gasteiger charge is -2.10. The Morgan fingerprint density at radius 1 is 1.31 bits per heavy atom. The molecule has 1 fully saturated rings. The van der Waals surface area contributed by atoms with Gasteiger partial charge >= 0.3 is 0 Å². The maximum atomic E-state index is 13.1. The molecule has 0 radical (unpaired) electrons. The molecule has 1 saturated heterocycles. The van der Waals surface area contributed by atoms with Crippen LogP contribution >= 0.6 is 11.8 Å². The minimum Gasteiger partial charge on any atom is -0.444 e. The van der Waals surface area contributed by atoms with E-state index in [1.807, 2.05) is 4.57 Å². The molecule has 10 heteroatoms. The van der Waals surface area contributed by atoms with E-state index in [4.69, 9.17) is 4.42 Å². The van der Waals surface area contributed by atoms with Crippen LogP contribution in [0.15, 0.2) is 52.8 Å². The second kappa shape index (κ2) is 8.11. The highest BCUT2D eigenvalue weighted by Gasteiger charge is 2.33. The lowest BCUT2D eigenvalue weighted by Crippen LogP contribution is -2.11. The Morgan fingerprint density at radius 3 is 2.79 bits per heavy atom. The number of rotatable bonds is 7. The van der Waals surface area contributed by atoms with Gasteiger partial charge in [0.15, 0.2) is 15.0 Å². The third kappa shape index (κ3) is 4.43. The Bertz CT molecular complexity index is 1120. The van der Waals surface area contributed by atoms with E-state index in [-0.39, 0.29) is 23.2 Å². The molecular formula is C19H19FN4O3S2. The van der Waals surface area contributed by atoms with Gasteiger partial charge in [0.25, 0.3) is 0 Å². The third-order valence-corrected chi connectivity index (χ3v) is 7.42. The molecule has 0 N–H and O–H groups in total. The summed E-state index contributed by atoms with van der Waals surface area (Å²) in [5.41, 5.74) is 1.41. The number of allylic oxidation sites excluding steroid dienone is 1. The van der Waals surface area contributed by atoms with Gasteiger partial charge in [0.05, 0.1) is 17.2 Å². The van der Waals surface area contributed by atoms with Gasteiger partial charge in [-0.2, -0.15) is 0 Å². The van der Waals surface area contributed by atoms with Crippen LogP contribution in [0, 0.1) is 5.82 Å². The molecular weight excluding hydrogens is 415 g/mol. The average Bonchev–Trinajstić information content (AvgIpc) is 3.40. The first kappa shape index (κ1) is 19.8. The normalized spacial score (nSPS) is 18.2. The Morgan fingerprint density at radius 2 is 2.10 bits per heavy atom. The van der Waals surface area contributed by atoms with E-state index in [1.165, 1.54) is 23.9 Å². The molecule has 4 rings (SSSR count). The number of hydrogen-bond acceptors (Lipinski definition) is 7. The maximum absolute atomic E-state index is 13.1. The number of aromatic nitrogens is 4. The molecule has 3 aromatic rings. The number of nitrogens with zero attached hydrogens (tertiary/aromatic N) is 4. The minimum absolute atomic E-state index is 0.108. The van der Waals surface area contributed by atoms with Gasteiger partial charge < -0.3 is 8.98 Å². The average molecular weight is 435 g/mol. The highest BCUT2D eigenvalue weighted by atomic mass is 32.2. The molecule has 1 aliphatic heterocycles. The molecule has 1 aliphatic rings. The lowest BCUT2D eigenvalue weighted by atomic mass is 10.1. The summed E-state index contributed by atoms with van der Waals surface area (Å²) in [6.45, 7) is 4.28. The van der Waals surface area contributed by atoms with Gasteiger partial charge in [-0.3, -0.25) is 0 Å². The molecule has 7 nitrogen and oxygen atoms in total. The van der Waals surface area contributed by atoms with Crippen molar-refractivity contribution in [1.82, 2.24) is 19.7 Å². The number of sulfone groups is 1. The first-order chi connectivity index (χ1) is 13.9. The van der Waals surface area contributed by atoms with Crippen LogP contribution in [0.5, 0.6) is 0 Å². The number of oxazole rings is 1. The van der Waals surface area contributed by atoms with Gasteiger partial charge in [-0.05, 0) is 30.7 Å². The predicted molar refractivity (Wildman–Crippen MR) is 108 cm³/mol. The molecule has 0 bridgehead atoms. The lowest BCUT2D eigenvalue weighted by molar-refractivity contribution is 0.572. The zero-order valence-corrected chi connectivity index (χ0v) is 17.1. The van der Waals surface area contributed by atoms with Crippen LogP contribution in [0.2, 0.25) is 0 Å². The fraction of sp³-hybridized carbons (Fsp3) is 0.316. The fourth-order valence-corrected chi connectivity index (χ4v) is 5.82. The summed E-state index contributed by atoms with van der Waals surface area (Å²) in [4.78, 5) is 4.44.